The number of urea groups is 1. The van der Waals surface area contributed by atoms with E-state index in [0.29, 0.717) is 4.90 Å². The van der Waals surface area contributed by atoms with Gasteiger partial charge in [0.05, 0.1) is 23.8 Å². The number of rotatable bonds is 9. The number of hydrogen-bond donors (Lipinski definition) is 5. The van der Waals surface area contributed by atoms with Crippen LogP contribution >= 0.6 is 23.2 Å². The first-order chi connectivity index (χ1) is 19.1. The molecule has 1 unspecified atom stereocenters. The van der Waals surface area contributed by atoms with Crippen LogP contribution in [0.25, 0.3) is 5.69 Å². The van der Waals surface area contributed by atoms with Crippen molar-refractivity contribution in [2.24, 2.45) is 5.73 Å². The van der Waals surface area contributed by atoms with Gasteiger partial charge in [0.2, 0.25) is 5.95 Å². The van der Waals surface area contributed by atoms with Gasteiger partial charge in [0.1, 0.15) is 11.9 Å². The molecule has 6 N–H and O–H groups in total. The smallest absolute Gasteiger partial charge is 0.382 e. The van der Waals surface area contributed by atoms with Gasteiger partial charge in [-0.15, -0.1) is 5.10 Å². The van der Waals surface area contributed by atoms with Gasteiger partial charge in [0.15, 0.2) is 11.9 Å². The number of benzene rings is 2. The summed E-state index contributed by atoms with van der Waals surface area (Å²) < 4.78 is 79.0. The van der Waals surface area contributed by atoms with Crippen molar-refractivity contribution in [3.63, 3.8) is 0 Å². The lowest BCUT2D eigenvalue weighted by atomic mass is 10.2. The Hall–Kier alpha value is -3.60. The third kappa shape index (κ3) is 8.45. The molecule has 222 valence electrons. The molecule has 1 aromatic heterocycles. The van der Waals surface area contributed by atoms with Crippen molar-refractivity contribution in [1.29, 1.82) is 5.41 Å². The molecule has 0 spiro atoms. The maximum atomic E-state index is 13.1. The van der Waals surface area contributed by atoms with E-state index in [-0.39, 0.29) is 33.1 Å². The van der Waals surface area contributed by atoms with Crippen LogP contribution in [0.5, 0.6) is 0 Å². The molecule has 2 amide bonds. The maximum Gasteiger partial charge on any atom is 0.416 e. The Labute approximate surface area is 238 Å². The van der Waals surface area contributed by atoms with Gasteiger partial charge < -0.3 is 21.5 Å². The normalized spacial score (nSPS) is 13.4. The summed E-state index contributed by atoms with van der Waals surface area (Å²) in [6.45, 7) is -2.65. The molecule has 0 fully saturated rings. The monoisotopic (exact) mass is 626 g/mol. The Balaban J connectivity index is 1.85. The fourth-order valence-corrected chi connectivity index (χ4v) is 3.56. The molecule has 0 bridgehead atoms. The number of anilines is 1. The van der Waals surface area contributed by atoms with E-state index >= 15 is 0 Å². The van der Waals surface area contributed by atoms with Crippen molar-refractivity contribution in [2.75, 3.05) is 18.4 Å². The van der Waals surface area contributed by atoms with Crippen LogP contribution in [0.3, 0.4) is 0 Å². The lowest BCUT2D eigenvalue weighted by Crippen LogP contribution is -2.50. The van der Waals surface area contributed by atoms with Crippen LogP contribution in [0.4, 0.5) is 37.1 Å². The molecule has 0 aliphatic rings. The van der Waals surface area contributed by atoms with Gasteiger partial charge in [-0.2, -0.15) is 36.0 Å². The number of carbonyl (C=O) groups is 1. The number of amidine groups is 1. The minimum atomic E-state index is -5.09. The number of halogens is 8. The van der Waals surface area contributed by atoms with Gasteiger partial charge in [0, 0.05) is 17.1 Å². The molecule has 2 aromatic carbocycles. The molecule has 2 atom stereocenters. The van der Waals surface area contributed by atoms with E-state index in [1.165, 1.54) is 36.4 Å². The van der Waals surface area contributed by atoms with Gasteiger partial charge in [-0.3, -0.25) is 10.3 Å². The minimum absolute atomic E-state index is 0.0209. The highest BCUT2D eigenvalue weighted by molar-refractivity contribution is 6.32. The molecule has 1 heterocycles. The molecular formula is C23H22Cl2F6N8O2. The summed E-state index contributed by atoms with van der Waals surface area (Å²) in [6.07, 6.45) is -12.8. The summed E-state index contributed by atoms with van der Waals surface area (Å²) >= 11 is 12.0. The average molecular weight is 627 g/mol. The molecular weight excluding hydrogens is 605 g/mol. The number of alkyl halides is 6. The zero-order valence-electron chi connectivity index (χ0n) is 20.6. The number of aliphatic hydroxyl groups is 1. The summed E-state index contributed by atoms with van der Waals surface area (Å²) in [6, 6.07) is 7.95. The van der Waals surface area contributed by atoms with Gasteiger partial charge in [-0.25, -0.2) is 4.79 Å². The van der Waals surface area contributed by atoms with Crippen molar-refractivity contribution < 1.29 is 36.2 Å². The van der Waals surface area contributed by atoms with E-state index in [1.54, 1.807) is 12.1 Å². The Bertz CT molecular complexity index is 1370. The standard InChI is InChI=1S/C23H22Cl2F6N8O2/c24-13-7-5-12(6-8-13)19(33)38(11-17(40)23(29,30)31)21(41)35-10-18-36-20(34-9-16(32)22(26,27)28)39(37-18)15-4-2-1-3-14(15)25/h1-8,16-17,33,40H,9-11,32H2,(H,35,41)(H,34,36,37)/t16?,17-/m0/s1. The van der Waals surface area contributed by atoms with Crippen LogP contribution < -0.4 is 16.4 Å². The minimum Gasteiger partial charge on any atom is -0.382 e. The van der Waals surface area contributed by atoms with Gasteiger partial charge in [0.25, 0.3) is 0 Å². The highest BCUT2D eigenvalue weighted by Gasteiger charge is 2.41. The fraction of sp³-hybridized carbons (Fsp3) is 0.304. The van der Waals surface area contributed by atoms with Crippen LogP contribution in [0.2, 0.25) is 10.0 Å². The summed E-state index contributed by atoms with van der Waals surface area (Å²) in [5, 5.41) is 27.1. The summed E-state index contributed by atoms with van der Waals surface area (Å²) in [4.78, 5) is 17.3. The van der Waals surface area contributed by atoms with E-state index < -0.39 is 56.0 Å². The number of para-hydroxylation sites is 1. The summed E-state index contributed by atoms with van der Waals surface area (Å²) in [7, 11) is 0. The van der Waals surface area contributed by atoms with Crippen molar-refractivity contribution >= 4 is 41.0 Å². The van der Waals surface area contributed by atoms with Crippen LogP contribution in [-0.4, -0.2) is 74.2 Å². The first-order valence-corrected chi connectivity index (χ1v) is 12.2. The second kappa shape index (κ2) is 12.9. The highest BCUT2D eigenvalue weighted by atomic mass is 35.5. The first kappa shape index (κ1) is 31.9. The first-order valence-electron chi connectivity index (χ1n) is 11.5. The number of aliphatic hydroxyl groups excluding tert-OH is 1. The van der Waals surface area contributed by atoms with E-state index in [9.17, 15) is 36.2 Å². The topological polar surface area (TPSA) is 145 Å². The second-order valence-electron chi connectivity index (χ2n) is 8.43. The third-order valence-corrected chi connectivity index (χ3v) is 5.97. The van der Waals surface area contributed by atoms with Crippen LogP contribution in [0, 0.1) is 5.41 Å². The third-order valence-electron chi connectivity index (χ3n) is 5.40. The van der Waals surface area contributed by atoms with Crippen LogP contribution in [0.1, 0.15) is 11.4 Å². The largest absolute Gasteiger partial charge is 0.416 e. The zero-order valence-corrected chi connectivity index (χ0v) is 22.2. The molecule has 0 aliphatic heterocycles. The Kier molecular flexibility index (Phi) is 10.1. The van der Waals surface area contributed by atoms with E-state index in [4.69, 9.17) is 34.3 Å². The number of hydrogen-bond acceptors (Lipinski definition) is 7. The Morgan fingerprint density at radius 1 is 1.07 bits per heavy atom. The van der Waals surface area contributed by atoms with E-state index in [2.05, 4.69) is 20.7 Å². The number of amides is 2. The van der Waals surface area contributed by atoms with E-state index in [0.717, 1.165) is 4.68 Å². The zero-order chi connectivity index (χ0) is 30.5. The molecule has 0 saturated carbocycles. The van der Waals surface area contributed by atoms with Gasteiger partial charge in [-0.1, -0.05) is 35.3 Å². The molecule has 41 heavy (non-hydrogen) atoms. The highest BCUT2D eigenvalue weighted by Crippen LogP contribution is 2.24. The fourth-order valence-electron chi connectivity index (χ4n) is 3.22. The lowest BCUT2D eigenvalue weighted by Gasteiger charge is -2.26. The summed E-state index contributed by atoms with van der Waals surface area (Å²) in [5.41, 5.74) is 5.38. The summed E-state index contributed by atoms with van der Waals surface area (Å²) in [5.74, 6) is -1.09. The molecule has 3 rings (SSSR count). The number of nitrogens with one attached hydrogen (secondary N) is 3. The number of nitrogens with two attached hydrogens (primary N) is 1. The molecule has 18 heteroatoms. The van der Waals surface area contributed by atoms with Crippen LogP contribution in [-0.2, 0) is 6.54 Å². The molecule has 0 radical (unpaired) electrons. The molecule has 0 aliphatic carbocycles. The Morgan fingerprint density at radius 3 is 2.29 bits per heavy atom. The maximum absolute atomic E-state index is 13.1. The average Bonchev–Trinajstić information content (AvgIpc) is 3.30. The molecule has 3 aromatic rings. The number of nitrogens with zero attached hydrogens (tertiary/aromatic N) is 4. The second-order valence-corrected chi connectivity index (χ2v) is 9.27. The van der Waals surface area contributed by atoms with E-state index in [1.807, 2.05) is 0 Å². The number of carbonyl (C=O) groups excluding carboxylic acids is 1. The van der Waals surface area contributed by atoms with Crippen molar-refractivity contribution in [3.8, 4) is 5.69 Å². The van der Waals surface area contributed by atoms with Crippen molar-refractivity contribution in [1.82, 2.24) is 25.0 Å². The van der Waals surface area contributed by atoms with Gasteiger partial charge >= 0.3 is 18.4 Å². The molecule has 0 saturated heterocycles. The predicted octanol–water partition coefficient (Wildman–Crippen LogP) is 4.34. The SMILES string of the molecule is N=C(c1ccc(Cl)cc1)N(C[C@H](O)C(F)(F)F)C(=O)NCc1nc(NCC(N)C(F)(F)F)n(-c2ccccc2Cl)n1. The molecule has 10 nitrogen and oxygen atoms in total. The Morgan fingerprint density at radius 2 is 1.71 bits per heavy atom. The number of aromatic nitrogens is 3. The van der Waals surface area contributed by atoms with Crippen LogP contribution in [0.15, 0.2) is 48.5 Å². The lowest BCUT2D eigenvalue weighted by molar-refractivity contribution is -0.204. The van der Waals surface area contributed by atoms with Crippen molar-refractivity contribution in [2.45, 2.75) is 31.0 Å². The van der Waals surface area contributed by atoms with Gasteiger partial charge in [-0.05, 0) is 36.4 Å². The predicted molar refractivity (Wildman–Crippen MR) is 138 cm³/mol. The van der Waals surface area contributed by atoms with Crippen molar-refractivity contribution in [3.05, 3.63) is 70.0 Å². The quantitative estimate of drug-likeness (QED) is 0.136.